The average Bonchev–Trinajstić information content (AvgIpc) is 2.56. The molecule has 7 nitrogen and oxygen atoms in total. The van der Waals surface area contributed by atoms with Crippen LogP contribution in [0.4, 0.5) is 4.39 Å². The summed E-state index contributed by atoms with van der Waals surface area (Å²) in [5, 5.41) is 9.17. The highest BCUT2D eigenvalue weighted by atomic mass is 32.2. The van der Waals surface area contributed by atoms with Gasteiger partial charge in [-0.1, -0.05) is 0 Å². The third-order valence-electron chi connectivity index (χ3n) is 3.95. The van der Waals surface area contributed by atoms with Crippen molar-refractivity contribution in [2.24, 2.45) is 0 Å². The van der Waals surface area contributed by atoms with Gasteiger partial charge in [0, 0.05) is 11.3 Å². The maximum absolute atomic E-state index is 14.4. The molecule has 9 heteroatoms. The lowest BCUT2D eigenvalue weighted by Crippen LogP contribution is -2.42. The number of hydrogen-bond donors (Lipinski definition) is 2. The van der Waals surface area contributed by atoms with Crippen molar-refractivity contribution in [1.82, 2.24) is 9.71 Å². The Bertz CT molecular complexity index is 953. The predicted octanol–water partition coefficient (Wildman–Crippen LogP) is 3.56. The van der Waals surface area contributed by atoms with E-state index in [1.54, 1.807) is 12.1 Å². The van der Waals surface area contributed by atoms with Crippen molar-refractivity contribution < 1.29 is 27.4 Å². The molecular formula is C19H23FN2O5S. The Morgan fingerprint density at radius 1 is 1.25 bits per heavy atom. The van der Waals surface area contributed by atoms with Gasteiger partial charge in [-0.15, -0.1) is 0 Å². The van der Waals surface area contributed by atoms with Crippen LogP contribution >= 0.6 is 0 Å². The minimum Gasteiger partial charge on any atom is -0.481 e. The molecule has 0 amide bonds. The van der Waals surface area contributed by atoms with E-state index < -0.39 is 39.0 Å². The van der Waals surface area contributed by atoms with Gasteiger partial charge >= 0.3 is 5.97 Å². The van der Waals surface area contributed by atoms with Gasteiger partial charge in [-0.3, -0.25) is 9.78 Å². The summed E-state index contributed by atoms with van der Waals surface area (Å²) in [6.45, 7) is 6.21. The second kappa shape index (κ2) is 8.24. The fourth-order valence-corrected chi connectivity index (χ4v) is 3.20. The molecule has 0 saturated heterocycles. The smallest absolute Gasteiger partial charge is 0.305 e. The second-order valence-electron chi connectivity index (χ2n) is 7.30. The molecule has 1 aromatic carbocycles. The second-order valence-corrected chi connectivity index (χ2v) is 9.77. The molecule has 0 aliphatic rings. The molecule has 1 heterocycles. The number of aryl methyl sites for hydroxylation is 1. The fourth-order valence-electron chi connectivity index (χ4n) is 2.26. The number of carboxylic acid groups (broad SMARTS) is 1. The number of aromatic nitrogens is 1. The topological polar surface area (TPSA) is 106 Å². The van der Waals surface area contributed by atoms with Crippen molar-refractivity contribution in [3.8, 4) is 11.5 Å². The first-order chi connectivity index (χ1) is 12.9. The third kappa shape index (κ3) is 5.49. The molecule has 0 spiro atoms. The Morgan fingerprint density at radius 2 is 1.89 bits per heavy atom. The van der Waals surface area contributed by atoms with E-state index in [-0.39, 0.29) is 11.3 Å². The molecule has 1 atom stereocenters. The highest BCUT2D eigenvalue weighted by molar-refractivity contribution is 7.90. The molecule has 0 fully saturated rings. The van der Waals surface area contributed by atoms with Crippen molar-refractivity contribution in [3.05, 3.63) is 53.6 Å². The van der Waals surface area contributed by atoms with Gasteiger partial charge in [0.1, 0.15) is 17.3 Å². The summed E-state index contributed by atoms with van der Waals surface area (Å²) >= 11 is 0. The van der Waals surface area contributed by atoms with Crippen LogP contribution in [0, 0.1) is 12.7 Å². The minimum absolute atomic E-state index is 0.118. The number of benzene rings is 1. The largest absolute Gasteiger partial charge is 0.481 e. The van der Waals surface area contributed by atoms with E-state index in [1.807, 2.05) is 6.92 Å². The van der Waals surface area contributed by atoms with Crippen molar-refractivity contribution in [3.63, 3.8) is 0 Å². The summed E-state index contributed by atoms with van der Waals surface area (Å²) in [6, 6.07) is 5.89. The van der Waals surface area contributed by atoms with Crippen LogP contribution in [0.2, 0.25) is 0 Å². The van der Waals surface area contributed by atoms with Gasteiger partial charge in [-0.05, 0) is 58.0 Å². The highest BCUT2D eigenvalue weighted by Gasteiger charge is 2.33. The first kappa shape index (κ1) is 21.8. The molecule has 2 aromatic rings. The number of sulfonamides is 1. The molecule has 0 radical (unpaired) electrons. The first-order valence-corrected chi connectivity index (χ1v) is 10.0. The number of carbonyl (C=O) groups is 1. The number of ether oxygens (including phenoxy) is 1. The van der Waals surface area contributed by atoms with Gasteiger partial charge in [0.25, 0.3) is 0 Å². The normalized spacial score (nSPS) is 13.2. The minimum atomic E-state index is -3.91. The third-order valence-corrected chi connectivity index (χ3v) is 6.15. The molecule has 1 aromatic heterocycles. The van der Waals surface area contributed by atoms with Gasteiger partial charge in [0.15, 0.2) is 0 Å². The van der Waals surface area contributed by atoms with Crippen molar-refractivity contribution in [2.45, 2.75) is 44.9 Å². The van der Waals surface area contributed by atoms with Gasteiger partial charge in [-0.25, -0.2) is 17.5 Å². The summed E-state index contributed by atoms with van der Waals surface area (Å²) in [4.78, 5) is 15.3. The lowest BCUT2D eigenvalue weighted by atomic mass is 10.0. The van der Waals surface area contributed by atoms with Gasteiger partial charge in [0.2, 0.25) is 10.0 Å². The van der Waals surface area contributed by atoms with Crippen molar-refractivity contribution in [1.29, 1.82) is 0 Å². The summed E-state index contributed by atoms with van der Waals surface area (Å²) in [5.74, 6) is -1.37. The maximum Gasteiger partial charge on any atom is 0.305 e. The lowest BCUT2D eigenvalue weighted by Gasteiger charge is -2.25. The fraction of sp³-hybridized carbons (Fsp3) is 0.368. The quantitative estimate of drug-likeness (QED) is 0.723. The number of rotatable bonds is 7. The zero-order valence-electron chi connectivity index (χ0n) is 16.1. The molecule has 0 aliphatic heterocycles. The Labute approximate surface area is 163 Å². The van der Waals surface area contributed by atoms with E-state index in [0.717, 1.165) is 11.8 Å². The van der Waals surface area contributed by atoms with Crippen LogP contribution in [0.1, 0.15) is 44.5 Å². The van der Waals surface area contributed by atoms with E-state index >= 15 is 0 Å². The average molecular weight is 410 g/mol. The molecule has 0 saturated carbocycles. The molecule has 0 unspecified atom stereocenters. The molecule has 2 N–H and O–H groups in total. The van der Waals surface area contributed by atoms with Crippen LogP contribution in [-0.2, 0) is 14.8 Å². The number of nitrogens with zero attached hydrogens (tertiary/aromatic N) is 1. The van der Waals surface area contributed by atoms with Crippen molar-refractivity contribution >= 4 is 16.0 Å². The monoisotopic (exact) mass is 410 g/mol. The van der Waals surface area contributed by atoms with E-state index in [2.05, 4.69) is 9.71 Å². The number of pyridine rings is 1. The van der Waals surface area contributed by atoms with E-state index in [1.165, 1.54) is 39.1 Å². The van der Waals surface area contributed by atoms with Crippen LogP contribution in [0.25, 0.3) is 0 Å². The number of aliphatic carboxylic acids is 1. The molecular weight excluding hydrogens is 387 g/mol. The SMILES string of the molecule is Cc1ccc(Oc2ccc(F)c([C@@H](CC(=O)O)NS(=O)(=O)C(C)(C)C)c2)cn1. The Hall–Kier alpha value is -2.52. The zero-order valence-corrected chi connectivity index (χ0v) is 16.9. The predicted molar refractivity (Wildman–Crippen MR) is 102 cm³/mol. The van der Waals surface area contributed by atoms with E-state index in [4.69, 9.17) is 9.84 Å². The summed E-state index contributed by atoms with van der Waals surface area (Å²) in [7, 11) is -3.91. The van der Waals surface area contributed by atoms with Gasteiger partial charge < -0.3 is 9.84 Å². The van der Waals surface area contributed by atoms with Crippen molar-refractivity contribution in [2.75, 3.05) is 0 Å². The van der Waals surface area contributed by atoms with Crippen LogP contribution in [0.3, 0.4) is 0 Å². The molecule has 28 heavy (non-hydrogen) atoms. The maximum atomic E-state index is 14.4. The Kier molecular flexibility index (Phi) is 6.41. The number of carboxylic acids is 1. The van der Waals surface area contributed by atoms with Crippen LogP contribution in [0.15, 0.2) is 36.5 Å². The number of hydrogen-bond acceptors (Lipinski definition) is 5. The number of nitrogens with one attached hydrogen (secondary N) is 1. The summed E-state index contributed by atoms with van der Waals surface area (Å²) in [6.07, 6.45) is 0.872. The van der Waals surface area contributed by atoms with Gasteiger partial charge in [-0.2, -0.15) is 0 Å². The molecule has 152 valence electrons. The number of halogens is 1. The molecule has 0 aliphatic carbocycles. The first-order valence-electron chi connectivity index (χ1n) is 8.52. The lowest BCUT2D eigenvalue weighted by molar-refractivity contribution is -0.137. The molecule has 0 bridgehead atoms. The Morgan fingerprint density at radius 3 is 2.43 bits per heavy atom. The van der Waals surface area contributed by atoms with Crippen LogP contribution in [-0.4, -0.2) is 29.2 Å². The standard InChI is InChI=1S/C19H23FN2O5S/c1-12-5-6-14(11-21-12)27-13-7-8-16(20)15(9-13)17(10-18(23)24)22-28(25,26)19(2,3)4/h5-9,11,17,22H,10H2,1-4H3,(H,23,24)/t17-/m1/s1. The van der Waals surface area contributed by atoms with E-state index in [9.17, 15) is 17.6 Å². The summed E-state index contributed by atoms with van der Waals surface area (Å²) in [5.41, 5.74) is 0.679. The van der Waals surface area contributed by atoms with Crippen LogP contribution in [0.5, 0.6) is 11.5 Å². The Balaban J connectivity index is 2.39. The summed E-state index contributed by atoms with van der Waals surface area (Å²) < 4.78 is 46.1. The zero-order chi connectivity index (χ0) is 21.1. The van der Waals surface area contributed by atoms with E-state index in [0.29, 0.717) is 5.75 Å². The van der Waals surface area contributed by atoms with Crippen LogP contribution < -0.4 is 9.46 Å². The molecule has 2 rings (SSSR count). The van der Waals surface area contributed by atoms with Gasteiger partial charge in [0.05, 0.1) is 23.4 Å². The highest BCUT2D eigenvalue weighted by Crippen LogP contribution is 2.29.